The largest absolute Gasteiger partial charge is 0.226 e. The molecule has 0 radical (unpaired) electrons. The second-order valence-corrected chi connectivity index (χ2v) is 4.44. The van der Waals surface area contributed by atoms with Gasteiger partial charge in [-0.2, -0.15) is 4.98 Å². The van der Waals surface area contributed by atoms with Crippen LogP contribution in [0.25, 0.3) is 11.4 Å². The van der Waals surface area contributed by atoms with Gasteiger partial charge >= 0.3 is 0 Å². The van der Waals surface area contributed by atoms with Crippen LogP contribution in [0, 0.1) is 6.92 Å². The molecule has 14 heavy (non-hydrogen) atoms. The number of hydrogen-bond donors (Lipinski definition) is 0. The van der Waals surface area contributed by atoms with Gasteiger partial charge in [-0.1, -0.05) is 11.6 Å². The fraction of sp³-hybridized carbons (Fsp3) is 0.125. The Morgan fingerprint density at radius 3 is 2.57 bits per heavy atom. The lowest BCUT2D eigenvalue weighted by Gasteiger charge is -1.99. The third kappa shape index (κ3) is 1.87. The molecule has 0 fully saturated rings. The Balaban J connectivity index is 2.57. The molecule has 0 N–H and O–H groups in total. The highest BCUT2D eigenvalue weighted by Gasteiger charge is 2.09. The second kappa shape index (κ2) is 3.81. The number of nitrogens with zero attached hydrogens (tertiary/aromatic N) is 3. The van der Waals surface area contributed by atoms with Crippen molar-refractivity contribution in [3.05, 3.63) is 26.9 Å². The van der Waals surface area contributed by atoms with Gasteiger partial charge in [-0.25, -0.2) is 9.97 Å². The molecule has 2 aromatic rings. The van der Waals surface area contributed by atoms with E-state index < -0.39 is 0 Å². The van der Waals surface area contributed by atoms with Crippen molar-refractivity contribution in [2.45, 2.75) is 6.92 Å². The van der Waals surface area contributed by atoms with E-state index in [0.717, 1.165) is 5.56 Å². The fourth-order valence-corrected chi connectivity index (χ4v) is 2.14. The second-order valence-electron chi connectivity index (χ2n) is 2.58. The molecule has 0 saturated carbocycles. The number of aryl methyl sites for hydroxylation is 1. The number of thiophene rings is 1. The minimum absolute atomic E-state index is 0.190. The van der Waals surface area contributed by atoms with Gasteiger partial charge < -0.3 is 0 Å². The highest BCUT2D eigenvalue weighted by atomic mass is 35.5. The molecule has 0 spiro atoms. The van der Waals surface area contributed by atoms with Gasteiger partial charge in [0.15, 0.2) is 5.82 Å². The van der Waals surface area contributed by atoms with E-state index in [0.29, 0.717) is 16.0 Å². The SMILES string of the molecule is Cc1nc(Cl)nc(-c2ccsc2Cl)n1. The third-order valence-electron chi connectivity index (χ3n) is 1.58. The van der Waals surface area contributed by atoms with E-state index in [2.05, 4.69) is 15.0 Å². The molecule has 0 bridgehead atoms. The van der Waals surface area contributed by atoms with Gasteiger partial charge in [0, 0.05) is 5.56 Å². The van der Waals surface area contributed by atoms with Crippen molar-refractivity contribution in [2.24, 2.45) is 0 Å². The summed E-state index contributed by atoms with van der Waals surface area (Å²) in [6.45, 7) is 1.76. The average Bonchev–Trinajstić information content (AvgIpc) is 2.49. The molecular formula is C8H5Cl2N3S. The van der Waals surface area contributed by atoms with E-state index in [1.807, 2.05) is 11.4 Å². The Kier molecular flexibility index (Phi) is 2.67. The zero-order chi connectivity index (χ0) is 10.1. The molecule has 3 nitrogen and oxygen atoms in total. The van der Waals surface area contributed by atoms with Gasteiger partial charge in [0.05, 0.1) is 0 Å². The van der Waals surface area contributed by atoms with Gasteiger partial charge in [0.25, 0.3) is 0 Å². The molecule has 72 valence electrons. The Morgan fingerprint density at radius 1 is 1.21 bits per heavy atom. The van der Waals surface area contributed by atoms with Gasteiger partial charge in [-0.05, 0) is 30.0 Å². The van der Waals surface area contributed by atoms with Crippen LogP contribution in [0.4, 0.5) is 0 Å². The minimum atomic E-state index is 0.190. The van der Waals surface area contributed by atoms with Crippen LogP contribution in [-0.4, -0.2) is 15.0 Å². The van der Waals surface area contributed by atoms with Gasteiger partial charge in [-0.15, -0.1) is 11.3 Å². The Bertz CT molecular complexity index is 449. The first-order valence-corrected chi connectivity index (χ1v) is 5.42. The predicted molar refractivity (Wildman–Crippen MR) is 57.9 cm³/mol. The molecule has 0 aromatic carbocycles. The lowest BCUT2D eigenvalue weighted by Crippen LogP contribution is -1.95. The number of rotatable bonds is 1. The van der Waals surface area contributed by atoms with Crippen molar-refractivity contribution < 1.29 is 0 Å². The molecule has 6 heteroatoms. The standard InChI is InChI=1S/C8H5Cl2N3S/c1-4-11-7(13-8(10)12-4)5-2-3-14-6(5)9/h2-3H,1H3. The first-order chi connectivity index (χ1) is 6.66. The maximum absolute atomic E-state index is 5.95. The Hall–Kier alpha value is -0.710. The van der Waals surface area contributed by atoms with E-state index in [1.54, 1.807) is 6.92 Å². The monoisotopic (exact) mass is 245 g/mol. The van der Waals surface area contributed by atoms with Crippen molar-refractivity contribution in [1.29, 1.82) is 0 Å². The fourth-order valence-electron chi connectivity index (χ4n) is 1.02. The van der Waals surface area contributed by atoms with Crippen LogP contribution in [0.3, 0.4) is 0 Å². The summed E-state index contributed by atoms with van der Waals surface area (Å²) >= 11 is 13.1. The summed E-state index contributed by atoms with van der Waals surface area (Å²) in [6, 6.07) is 1.86. The summed E-state index contributed by atoms with van der Waals surface area (Å²) in [6.07, 6.45) is 0. The number of hydrogen-bond acceptors (Lipinski definition) is 4. The van der Waals surface area contributed by atoms with Crippen molar-refractivity contribution in [1.82, 2.24) is 15.0 Å². The van der Waals surface area contributed by atoms with Gasteiger partial charge in [0.2, 0.25) is 5.28 Å². The van der Waals surface area contributed by atoms with Crippen LogP contribution >= 0.6 is 34.5 Å². The summed E-state index contributed by atoms with van der Waals surface area (Å²) in [5.41, 5.74) is 0.795. The molecule has 0 unspecified atom stereocenters. The summed E-state index contributed by atoms with van der Waals surface area (Å²) in [5, 5.41) is 2.07. The van der Waals surface area contributed by atoms with Crippen LogP contribution < -0.4 is 0 Å². The van der Waals surface area contributed by atoms with Crippen molar-refractivity contribution in [3.8, 4) is 11.4 Å². The third-order valence-corrected chi connectivity index (χ3v) is 2.92. The van der Waals surface area contributed by atoms with Crippen molar-refractivity contribution in [3.63, 3.8) is 0 Å². The van der Waals surface area contributed by atoms with Crippen molar-refractivity contribution >= 4 is 34.5 Å². The normalized spacial score (nSPS) is 10.5. The molecule has 0 aliphatic carbocycles. The summed E-state index contributed by atoms with van der Waals surface area (Å²) in [5.74, 6) is 1.11. The smallest absolute Gasteiger partial charge is 0.213 e. The summed E-state index contributed by atoms with van der Waals surface area (Å²) in [7, 11) is 0. The lowest BCUT2D eigenvalue weighted by atomic mass is 10.3. The van der Waals surface area contributed by atoms with Gasteiger partial charge in [-0.3, -0.25) is 0 Å². The van der Waals surface area contributed by atoms with Crippen LogP contribution in [0.5, 0.6) is 0 Å². The zero-order valence-electron chi connectivity index (χ0n) is 7.16. The molecular weight excluding hydrogens is 241 g/mol. The van der Waals surface area contributed by atoms with E-state index in [9.17, 15) is 0 Å². The van der Waals surface area contributed by atoms with Gasteiger partial charge in [0.1, 0.15) is 10.2 Å². The molecule has 0 aliphatic rings. The molecule has 0 aliphatic heterocycles. The van der Waals surface area contributed by atoms with Crippen LogP contribution in [0.15, 0.2) is 11.4 Å². The van der Waals surface area contributed by atoms with E-state index in [4.69, 9.17) is 23.2 Å². The first-order valence-electron chi connectivity index (χ1n) is 3.78. The zero-order valence-corrected chi connectivity index (χ0v) is 9.49. The Morgan fingerprint density at radius 2 is 2.00 bits per heavy atom. The maximum atomic E-state index is 5.95. The molecule has 0 amide bonds. The highest BCUT2D eigenvalue weighted by Crippen LogP contribution is 2.30. The number of halogens is 2. The average molecular weight is 246 g/mol. The van der Waals surface area contributed by atoms with E-state index in [-0.39, 0.29) is 5.28 Å². The number of aromatic nitrogens is 3. The van der Waals surface area contributed by atoms with E-state index in [1.165, 1.54) is 11.3 Å². The topological polar surface area (TPSA) is 38.7 Å². The first kappa shape index (κ1) is 9.83. The molecule has 2 heterocycles. The van der Waals surface area contributed by atoms with E-state index >= 15 is 0 Å². The quantitative estimate of drug-likeness (QED) is 0.775. The van der Waals surface area contributed by atoms with Crippen LogP contribution in [0.2, 0.25) is 9.62 Å². The molecule has 2 rings (SSSR count). The summed E-state index contributed by atoms with van der Waals surface area (Å²) < 4.78 is 0.659. The highest BCUT2D eigenvalue weighted by molar-refractivity contribution is 7.15. The van der Waals surface area contributed by atoms with Crippen molar-refractivity contribution in [2.75, 3.05) is 0 Å². The van der Waals surface area contributed by atoms with Crippen LogP contribution in [-0.2, 0) is 0 Å². The minimum Gasteiger partial charge on any atom is -0.213 e. The lowest BCUT2D eigenvalue weighted by molar-refractivity contribution is 0.985. The maximum Gasteiger partial charge on any atom is 0.226 e. The molecule has 0 saturated heterocycles. The summed E-state index contributed by atoms with van der Waals surface area (Å²) in [4.78, 5) is 12.0. The molecule has 2 aromatic heterocycles. The predicted octanol–water partition coefficient (Wildman–Crippen LogP) is 3.22. The Labute approximate surface area is 94.8 Å². The molecule has 0 atom stereocenters. The van der Waals surface area contributed by atoms with Crippen LogP contribution in [0.1, 0.15) is 5.82 Å².